The molecule has 138 valence electrons. The van der Waals surface area contributed by atoms with Crippen LogP contribution in [-0.2, 0) is 0 Å². The van der Waals surface area contributed by atoms with Crippen LogP contribution in [0, 0.1) is 0 Å². The van der Waals surface area contributed by atoms with Crippen LogP contribution < -0.4 is 20.1 Å². The summed E-state index contributed by atoms with van der Waals surface area (Å²) in [6.07, 6.45) is 1.57. The first-order valence-electron chi connectivity index (χ1n) is 8.11. The van der Waals surface area contributed by atoms with Crippen LogP contribution in [-0.4, -0.2) is 25.1 Å². The van der Waals surface area contributed by atoms with Gasteiger partial charge in [-0.25, -0.2) is 0 Å². The van der Waals surface area contributed by atoms with Crippen LogP contribution >= 0.6 is 11.6 Å². The molecule has 0 saturated carbocycles. The van der Waals surface area contributed by atoms with Crippen LogP contribution in [0.4, 0.5) is 17.1 Å². The average Bonchev–Trinajstić information content (AvgIpc) is 2.69. The molecule has 0 bridgehead atoms. The van der Waals surface area contributed by atoms with Crippen molar-refractivity contribution < 1.29 is 14.3 Å². The van der Waals surface area contributed by atoms with Gasteiger partial charge in [0.25, 0.3) is 5.91 Å². The molecule has 1 heterocycles. The van der Waals surface area contributed by atoms with E-state index in [1.165, 1.54) is 7.11 Å². The first-order valence-corrected chi connectivity index (χ1v) is 8.49. The third kappa shape index (κ3) is 4.68. The molecule has 0 fully saturated rings. The number of ether oxygens (including phenoxy) is 2. The van der Waals surface area contributed by atoms with E-state index in [2.05, 4.69) is 15.6 Å². The Morgan fingerprint density at radius 2 is 1.67 bits per heavy atom. The van der Waals surface area contributed by atoms with Crippen LogP contribution in [0.25, 0.3) is 0 Å². The van der Waals surface area contributed by atoms with Crippen LogP contribution in [0.1, 0.15) is 10.5 Å². The number of hydrogen-bond acceptors (Lipinski definition) is 5. The number of hydrogen-bond donors (Lipinski definition) is 2. The third-order valence-corrected chi connectivity index (χ3v) is 4.08. The zero-order chi connectivity index (χ0) is 19.2. The lowest BCUT2D eigenvalue weighted by molar-refractivity contribution is 0.102. The fourth-order valence-electron chi connectivity index (χ4n) is 2.41. The predicted molar refractivity (Wildman–Crippen MR) is 106 cm³/mol. The van der Waals surface area contributed by atoms with E-state index in [0.29, 0.717) is 16.5 Å². The summed E-state index contributed by atoms with van der Waals surface area (Å²) in [6.45, 7) is 0. The smallest absolute Gasteiger partial charge is 0.274 e. The molecule has 0 spiro atoms. The Morgan fingerprint density at radius 1 is 0.926 bits per heavy atom. The van der Waals surface area contributed by atoms with Crippen LogP contribution in [0.5, 0.6) is 11.5 Å². The fraction of sp³-hybridized carbons (Fsp3) is 0.100. The molecular weight excluding hydrogens is 366 g/mol. The molecule has 0 aliphatic rings. The van der Waals surface area contributed by atoms with E-state index >= 15 is 0 Å². The van der Waals surface area contributed by atoms with E-state index in [1.54, 1.807) is 43.6 Å². The number of benzene rings is 2. The third-order valence-electron chi connectivity index (χ3n) is 3.78. The number of nitrogens with zero attached hydrogens (tertiary/aromatic N) is 1. The van der Waals surface area contributed by atoms with E-state index in [-0.39, 0.29) is 11.6 Å². The molecule has 0 aliphatic heterocycles. The molecule has 3 aromatic rings. The molecule has 3 rings (SSSR count). The second-order valence-corrected chi connectivity index (χ2v) is 5.99. The Bertz CT molecular complexity index is 945. The van der Waals surface area contributed by atoms with Crippen molar-refractivity contribution in [3.63, 3.8) is 0 Å². The standard InChI is InChI=1S/C20H18ClN3O3/c1-26-16-6-3-13(4-7-16)23-15-9-10-22-18(12-15)20(25)24-14-5-8-19(27-2)17(21)11-14/h3-12H,1-2H3,(H,22,23)(H,24,25). The highest BCUT2D eigenvalue weighted by atomic mass is 35.5. The molecule has 1 aromatic heterocycles. The Morgan fingerprint density at radius 3 is 2.33 bits per heavy atom. The fourth-order valence-corrected chi connectivity index (χ4v) is 2.67. The molecule has 1 amide bonds. The maximum absolute atomic E-state index is 12.5. The lowest BCUT2D eigenvalue weighted by Gasteiger charge is -2.10. The van der Waals surface area contributed by atoms with Crippen molar-refractivity contribution in [3.05, 3.63) is 71.5 Å². The number of aromatic nitrogens is 1. The molecular formula is C20H18ClN3O3. The molecule has 0 atom stereocenters. The summed E-state index contributed by atoms with van der Waals surface area (Å²) in [7, 11) is 3.15. The second kappa shape index (κ2) is 8.42. The van der Waals surface area contributed by atoms with E-state index in [9.17, 15) is 4.79 Å². The van der Waals surface area contributed by atoms with Gasteiger partial charge in [-0.05, 0) is 54.6 Å². The Labute approximate surface area is 162 Å². The SMILES string of the molecule is COc1ccc(Nc2ccnc(C(=O)Nc3ccc(OC)c(Cl)c3)c2)cc1. The van der Waals surface area contributed by atoms with Crippen LogP contribution in [0.2, 0.25) is 5.02 Å². The maximum Gasteiger partial charge on any atom is 0.274 e. The summed E-state index contributed by atoms with van der Waals surface area (Å²) >= 11 is 6.09. The number of nitrogens with one attached hydrogen (secondary N) is 2. The van der Waals surface area contributed by atoms with Gasteiger partial charge in [0.2, 0.25) is 0 Å². The molecule has 2 aromatic carbocycles. The van der Waals surface area contributed by atoms with E-state index in [0.717, 1.165) is 17.1 Å². The molecule has 6 nitrogen and oxygen atoms in total. The number of halogens is 1. The van der Waals surface area contributed by atoms with Crippen molar-refractivity contribution in [1.82, 2.24) is 4.98 Å². The van der Waals surface area contributed by atoms with Gasteiger partial charge in [-0.3, -0.25) is 9.78 Å². The number of rotatable bonds is 6. The minimum atomic E-state index is -0.338. The van der Waals surface area contributed by atoms with Crippen molar-refractivity contribution >= 4 is 34.6 Å². The Balaban J connectivity index is 1.72. The lowest BCUT2D eigenvalue weighted by Crippen LogP contribution is -2.13. The van der Waals surface area contributed by atoms with Gasteiger partial charge in [-0.2, -0.15) is 0 Å². The van der Waals surface area contributed by atoms with Crippen molar-refractivity contribution in [2.24, 2.45) is 0 Å². The van der Waals surface area contributed by atoms with Gasteiger partial charge in [-0.1, -0.05) is 11.6 Å². The van der Waals surface area contributed by atoms with E-state index in [4.69, 9.17) is 21.1 Å². The molecule has 2 N–H and O–H groups in total. The van der Waals surface area contributed by atoms with Crippen molar-refractivity contribution in [1.29, 1.82) is 0 Å². The van der Waals surface area contributed by atoms with Gasteiger partial charge in [-0.15, -0.1) is 0 Å². The van der Waals surface area contributed by atoms with Gasteiger partial charge in [0.05, 0.1) is 19.2 Å². The molecule has 0 radical (unpaired) electrons. The number of carbonyl (C=O) groups is 1. The summed E-state index contributed by atoms with van der Waals surface area (Å²) in [5, 5.41) is 6.41. The number of anilines is 3. The van der Waals surface area contributed by atoms with E-state index in [1.807, 2.05) is 24.3 Å². The minimum absolute atomic E-state index is 0.278. The summed E-state index contributed by atoms with van der Waals surface area (Å²) in [4.78, 5) is 16.6. The second-order valence-electron chi connectivity index (χ2n) is 5.59. The van der Waals surface area contributed by atoms with Gasteiger partial charge in [0.1, 0.15) is 17.2 Å². The van der Waals surface area contributed by atoms with Gasteiger partial charge in [0.15, 0.2) is 0 Å². The van der Waals surface area contributed by atoms with Crippen molar-refractivity contribution in [2.45, 2.75) is 0 Å². The highest BCUT2D eigenvalue weighted by molar-refractivity contribution is 6.32. The minimum Gasteiger partial charge on any atom is -0.497 e. The summed E-state index contributed by atoms with van der Waals surface area (Å²) in [6, 6.07) is 16.0. The summed E-state index contributed by atoms with van der Waals surface area (Å²) < 4.78 is 10.2. The number of carbonyl (C=O) groups excluding carboxylic acids is 1. The zero-order valence-corrected chi connectivity index (χ0v) is 15.6. The molecule has 0 unspecified atom stereocenters. The predicted octanol–water partition coefficient (Wildman–Crippen LogP) is 4.75. The van der Waals surface area contributed by atoms with Crippen LogP contribution in [0.3, 0.4) is 0 Å². The van der Waals surface area contributed by atoms with Crippen molar-refractivity contribution in [3.8, 4) is 11.5 Å². The highest BCUT2D eigenvalue weighted by Crippen LogP contribution is 2.27. The monoisotopic (exact) mass is 383 g/mol. The summed E-state index contributed by atoms with van der Waals surface area (Å²) in [5.74, 6) is 0.974. The molecule has 7 heteroatoms. The number of pyridine rings is 1. The van der Waals surface area contributed by atoms with Gasteiger partial charge < -0.3 is 20.1 Å². The average molecular weight is 384 g/mol. The van der Waals surface area contributed by atoms with Crippen LogP contribution in [0.15, 0.2) is 60.8 Å². The normalized spacial score (nSPS) is 10.2. The van der Waals surface area contributed by atoms with E-state index < -0.39 is 0 Å². The Kier molecular flexibility index (Phi) is 5.78. The number of methoxy groups -OCH3 is 2. The van der Waals surface area contributed by atoms with Gasteiger partial charge in [0, 0.05) is 23.3 Å². The number of amides is 1. The lowest BCUT2D eigenvalue weighted by atomic mass is 10.2. The maximum atomic E-state index is 12.5. The molecule has 0 aliphatic carbocycles. The quantitative estimate of drug-likeness (QED) is 0.642. The molecule has 0 saturated heterocycles. The van der Waals surface area contributed by atoms with Gasteiger partial charge >= 0.3 is 0 Å². The zero-order valence-electron chi connectivity index (χ0n) is 14.8. The topological polar surface area (TPSA) is 72.5 Å². The first kappa shape index (κ1) is 18.5. The summed E-state index contributed by atoms with van der Waals surface area (Å²) in [5.41, 5.74) is 2.45. The van der Waals surface area contributed by atoms with Crippen molar-refractivity contribution in [2.75, 3.05) is 24.9 Å². The highest BCUT2D eigenvalue weighted by Gasteiger charge is 2.10. The first-order chi connectivity index (χ1) is 13.1. The molecule has 27 heavy (non-hydrogen) atoms. The Hall–Kier alpha value is -3.25. The largest absolute Gasteiger partial charge is 0.497 e.